The predicted molar refractivity (Wildman–Crippen MR) is 126 cm³/mol. The molecule has 0 amide bonds. The number of aryl methyl sites for hydroxylation is 1. The summed E-state index contributed by atoms with van der Waals surface area (Å²) in [4.78, 5) is 12.1. The van der Waals surface area contributed by atoms with Gasteiger partial charge in [-0.05, 0) is 44.6 Å². The Bertz CT molecular complexity index is 1100. The van der Waals surface area contributed by atoms with Gasteiger partial charge in [0, 0.05) is 24.7 Å². The largest absolute Gasteiger partial charge is 0.512 e. The summed E-state index contributed by atoms with van der Waals surface area (Å²) in [5, 5.41) is 19.8. The fourth-order valence-corrected chi connectivity index (χ4v) is 3.53. The van der Waals surface area contributed by atoms with Gasteiger partial charge in [0.05, 0.1) is 47.5 Å². The van der Waals surface area contributed by atoms with Crippen LogP contribution in [0.15, 0.2) is 65.4 Å². The molecule has 3 heterocycles. The van der Waals surface area contributed by atoms with Crippen LogP contribution in [0.25, 0.3) is 0 Å². The third kappa shape index (κ3) is 5.92. The summed E-state index contributed by atoms with van der Waals surface area (Å²) in [6, 6.07) is 3.91. The normalized spacial score (nSPS) is 24.0. The number of allylic oxidation sites excluding steroid dienone is 2. The van der Waals surface area contributed by atoms with Gasteiger partial charge in [0.1, 0.15) is 0 Å². The number of hydrogen-bond acceptors (Lipinski definition) is 9. The molecule has 2 unspecified atom stereocenters. The van der Waals surface area contributed by atoms with E-state index in [-0.39, 0.29) is 17.7 Å². The molecule has 1 aliphatic heterocycles. The molecular weight excluding hydrogens is 423 g/mol. The van der Waals surface area contributed by atoms with Crippen LogP contribution in [-0.4, -0.2) is 49.9 Å². The van der Waals surface area contributed by atoms with E-state index >= 15 is 0 Å². The van der Waals surface area contributed by atoms with Gasteiger partial charge in [-0.1, -0.05) is 12.2 Å². The maximum Gasteiger partial charge on any atom is 0.243 e. The molecular formula is C23H27FN8O. The smallest absolute Gasteiger partial charge is 0.243 e. The Morgan fingerprint density at radius 2 is 2.18 bits per heavy atom. The molecule has 10 heteroatoms. The lowest BCUT2D eigenvalue weighted by atomic mass is 10.1. The number of hydrazine groups is 1. The standard InChI is InChI=1S/C23H27FN8O/c1-15-9-10-28-32(15)20-6-5-17(11-21(33)8-7-20)30-19-4-3-18(25-12-19)13-27-31-23-26-14-22(24)16(2)29-23/h3-7,11-15,17,28,30,33H,8-10H2,1-2H3,(H,26,29,31)/b6-5?,20-7+,21-11+,27-13+. The maximum absolute atomic E-state index is 13.2. The van der Waals surface area contributed by atoms with Crippen molar-refractivity contribution >= 4 is 17.9 Å². The number of rotatable bonds is 6. The highest BCUT2D eigenvalue weighted by Crippen LogP contribution is 2.20. The van der Waals surface area contributed by atoms with Gasteiger partial charge in [-0.25, -0.2) is 25.2 Å². The Kier molecular flexibility index (Phi) is 6.94. The number of nitrogens with one attached hydrogen (secondary N) is 3. The van der Waals surface area contributed by atoms with Crippen molar-refractivity contribution < 1.29 is 9.50 Å². The first-order valence-electron chi connectivity index (χ1n) is 10.8. The first kappa shape index (κ1) is 22.4. The van der Waals surface area contributed by atoms with Gasteiger partial charge in [-0.15, -0.1) is 0 Å². The zero-order valence-corrected chi connectivity index (χ0v) is 18.5. The van der Waals surface area contributed by atoms with Crippen LogP contribution in [0.5, 0.6) is 0 Å². The highest BCUT2D eigenvalue weighted by Gasteiger charge is 2.21. The molecule has 0 spiro atoms. The van der Waals surface area contributed by atoms with Crippen LogP contribution in [-0.2, 0) is 0 Å². The van der Waals surface area contributed by atoms with Crippen LogP contribution in [0.2, 0.25) is 0 Å². The molecule has 2 aliphatic rings. The lowest BCUT2D eigenvalue weighted by Crippen LogP contribution is -2.34. The third-order valence-corrected chi connectivity index (χ3v) is 5.33. The van der Waals surface area contributed by atoms with Gasteiger partial charge in [0.2, 0.25) is 5.95 Å². The number of hydrogen-bond donors (Lipinski definition) is 4. The SMILES string of the molecule is Cc1nc(N/N=C/c2ccc(NC3C=C/C(N4NCCC4C)=C\C/C(O)=C\3)cn2)ncc1F. The van der Waals surface area contributed by atoms with Crippen LogP contribution in [0.4, 0.5) is 16.0 Å². The topological polar surface area (TPSA) is 111 Å². The van der Waals surface area contributed by atoms with Crippen molar-refractivity contribution in [2.45, 2.75) is 38.8 Å². The number of nitrogens with zero attached hydrogens (tertiary/aromatic N) is 5. The van der Waals surface area contributed by atoms with Crippen molar-refractivity contribution in [2.24, 2.45) is 5.10 Å². The van der Waals surface area contributed by atoms with Crippen molar-refractivity contribution in [3.63, 3.8) is 0 Å². The Labute approximate surface area is 191 Å². The van der Waals surface area contributed by atoms with Crippen molar-refractivity contribution in [3.05, 3.63) is 77.5 Å². The molecule has 0 aromatic carbocycles. The number of pyridine rings is 1. The average Bonchev–Trinajstić information content (AvgIpc) is 3.21. The second-order valence-electron chi connectivity index (χ2n) is 7.90. The van der Waals surface area contributed by atoms with Crippen molar-refractivity contribution in [3.8, 4) is 0 Å². The molecule has 1 saturated heterocycles. The van der Waals surface area contributed by atoms with E-state index in [0.717, 1.165) is 30.5 Å². The number of aliphatic hydroxyl groups is 1. The second kappa shape index (κ2) is 10.2. The molecule has 2 aromatic rings. The quantitative estimate of drug-likeness (QED) is 0.391. The van der Waals surface area contributed by atoms with Crippen LogP contribution in [0.3, 0.4) is 0 Å². The summed E-state index contributed by atoms with van der Waals surface area (Å²) in [6.45, 7) is 4.68. The van der Waals surface area contributed by atoms with Crippen LogP contribution in [0, 0.1) is 12.7 Å². The highest BCUT2D eigenvalue weighted by atomic mass is 19.1. The predicted octanol–water partition coefficient (Wildman–Crippen LogP) is 3.43. The van der Waals surface area contributed by atoms with Crippen molar-refractivity contribution in [1.29, 1.82) is 0 Å². The zero-order valence-electron chi connectivity index (χ0n) is 18.5. The lowest BCUT2D eigenvalue weighted by molar-refractivity contribution is 0.269. The van der Waals surface area contributed by atoms with Gasteiger partial charge in [-0.2, -0.15) is 5.10 Å². The fraction of sp³-hybridized carbons (Fsp3) is 0.304. The molecule has 2 atom stereocenters. The first-order chi connectivity index (χ1) is 16.0. The molecule has 0 saturated carbocycles. The fourth-order valence-electron chi connectivity index (χ4n) is 3.53. The van der Waals surface area contributed by atoms with E-state index in [1.807, 2.05) is 24.3 Å². The van der Waals surface area contributed by atoms with E-state index < -0.39 is 5.82 Å². The summed E-state index contributed by atoms with van der Waals surface area (Å²) in [5.74, 6) is 0.0476. The first-order valence-corrected chi connectivity index (χ1v) is 10.8. The molecule has 1 aliphatic carbocycles. The van der Waals surface area contributed by atoms with E-state index in [1.165, 1.54) is 6.21 Å². The Hall–Kier alpha value is -3.79. The lowest BCUT2D eigenvalue weighted by Gasteiger charge is -2.26. The summed E-state index contributed by atoms with van der Waals surface area (Å²) < 4.78 is 13.2. The molecule has 1 fully saturated rings. The summed E-state index contributed by atoms with van der Waals surface area (Å²) in [6.07, 6.45) is 13.8. The summed E-state index contributed by atoms with van der Waals surface area (Å²) in [5.41, 5.74) is 8.75. The minimum absolute atomic E-state index is 0.187. The molecule has 9 nitrogen and oxygen atoms in total. The number of hydrazone groups is 1. The van der Waals surface area contributed by atoms with E-state index in [0.29, 0.717) is 23.9 Å². The van der Waals surface area contributed by atoms with E-state index in [2.05, 4.69) is 54.2 Å². The Morgan fingerprint density at radius 1 is 1.30 bits per heavy atom. The summed E-state index contributed by atoms with van der Waals surface area (Å²) >= 11 is 0. The van der Waals surface area contributed by atoms with E-state index in [9.17, 15) is 9.50 Å². The number of anilines is 2. The van der Waals surface area contributed by atoms with E-state index in [4.69, 9.17) is 0 Å². The monoisotopic (exact) mass is 450 g/mol. The summed E-state index contributed by atoms with van der Waals surface area (Å²) in [7, 11) is 0. The minimum Gasteiger partial charge on any atom is -0.512 e. The van der Waals surface area contributed by atoms with Crippen LogP contribution in [0.1, 0.15) is 31.2 Å². The van der Waals surface area contributed by atoms with Gasteiger partial charge < -0.3 is 15.4 Å². The van der Waals surface area contributed by atoms with Gasteiger partial charge >= 0.3 is 0 Å². The van der Waals surface area contributed by atoms with Crippen molar-refractivity contribution in [2.75, 3.05) is 17.3 Å². The molecule has 2 aromatic heterocycles. The number of aliphatic hydroxyl groups excluding tert-OH is 1. The minimum atomic E-state index is -0.467. The molecule has 4 rings (SSSR count). The van der Waals surface area contributed by atoms with Gasteiger partial charge in [0.15, 0.2) is 5.82 Å². The van der Waals surface area contributed by atoms with Crippen LogP contribution >= 0.6 is 0 Å². The molecule has 4 N–H and O–H groups in total. The van der Waals surface area contributed by atoms with Gasteiger partial charge in [0.25, 0.3) is 0 Å². The third-order valence-electron chi connectivity index (χ3n) is 5.33. The Balaban J connectivity index is 1.37. The molecule has 0 radical (unpaired) electrons. The van der Waals surface area contributed by atoms with E-state index in [1.54, 1.807) is 19.2 Å². The highest BCUT2D eigenvalue weighted by molar-refractivity contribution is 5.77. The number of aromatic nitrogens is 3. The van der Waals surface area contributed by atoms with Crippen LogP contribution < -0.4 is 16.2 Å². The maximum atomic E-state index is 13.2. The zero-order chi connectivity index (χ0) is 23.2. The molecule has 33 heavy (non-hydrogen) atoms. The molecule has 0 bridgehead atoms. The van der Waals surface area contributed by atoms with Crippen molar-refractivity contribution in [1.82, 2.24) is 25.4 Å². The van der Waals surface area contributed by atoms with Gasteiger partial charge in [-0.3, -0.25) is 4.98 Å². The Morgan fingerprint density at radius 3 is 2.91 bits per heavy atom. The molecule has 172 valence electrons. The number of halogens is 1. The second-order valence-corrected chi connectivity index (χ2v) is 7.90. The average molecular weight is 451 g/mol.